The Morgan fingerprint density at radius 3 is 2.33 bits per heavy atom. The third-order valence-corrected chi connectivity index (χ3v) is 3.62. The van der Waals surface area contributed by atoms with Crippen LogP contribution in [0.4, 0.5) is 0 Å². The number of ether oxygens (including phenoxy) is 1. The summed E-state index contributed by atoms with van der Waals surface area (Å²) in [6.07, 6.45) is 4.90. The average molecular weight is 288 g/mol. The van der Waals surface area contributed by atoms with Gasteiger partial charge in [-0.15, -0.1) is 0 Å². The van der Waals surface area contributed by atoms with E-state index in [2.05, 4.69) is 31.7 Å². The maximum absolute atomic E-state index is 8.75. The molecule has 0 radical (unpaired) electrons. The fourth-order valence-corrected chi connectivity index (χ4v) is 2.28. The van der Waals surface area contributed by atoms with Crippen LogP contribution in [0.2, 0.25) is 0 Å². The van der Waals surface area contributed by atoms with Gasteiger partial charge in [-0.3, -0.25) is 0 Å². The van der Waals surface area contributed by atoms with Crippen LogP contribution in [-0.2, 0) is 0 Å². The van der Waals surface area contributed by atoms with Gasteiger partial charge in [0.15, 0.2) is 0 Å². The predicted octanol–water partition coefficient (Wildman–Crippen LogP) is 4.23. The van der Waals surface area contributed by atoms with Gasteiger partial charge in [0.25, 0.3) is 0 Å². The smallest absolute Gasteiger partial charge is 0.119 e. The van der Waals surface area contributed by atoms with Crippen LogP contribution >= 0.6 is 0 Å². The predicted molar refractivity (Wildman–Crippen MR) is 87.5 cm³/mol. The Hall–Kier alpha value is -1.53. The SMILES string of the molecule is CCCCCN(CCCOc1ccc(C#N)cc1)C(C)C. The van der Waals surface area contributed by atoms with E-state index in [0.717, 1.165) is 25.3 Å². The molecule has 116 valence electrons. The lowest BCUT2D eigenvalue weighted by Crippen LogP contribution is -2.33. The second-order valence-electron chi connectivity index (χ2n) is 5.68. The quantitative estimate of drug-likeness (QED) is 0.605. The summed E-state index contributed by atoms with van der Waals surface area (Å²) in [6, 6.07) is 10.0. The zero-order chi connectivity index (χ0) is 15.5. The standard InChI is InChI=1S/C18H28N2O/c1-4-5-6-12-20(16(2)3)13-7-14-21-18-10-8-17(15-19)9-11-18/h8-11,16H,4-7,12-14H2,1-3H3. The minimum Gasteiger partial charge on any atom is -0.494 e. The van der Waals surface area contributed by atoms with Gasteiger partial charge in [-0.2, -0.15) is 5.26 Å². The van der Waals surface area contributed by atoms with Gasteiger partial charge in [-0.25, -0.2) is 0 Å². The first kappa shape index (κ1) is 17.5. The van der Waals surface area contributed by atoms with Gasteiger partial charge in [-0.1, -0.05) is 19.8 Å². The monoisotopic (exact) mass is 288 g/mol. The minimum absolute atomic E-state index is 0.594. The zero-order valence-corrected chi connectivity index (χ0v) is 13.6. The molecule has 0 bridgehead atoms. The van der Waals surface area contributed by atoms with E-state index in [9.17, 15) is 0 Å². The maximum Gasteiger partial charge on any atom is 0.119 e. The van der Waals surface area contributed by atoms with Gasteiger partial charge < -0.3 is 9.64 Å². The molecule has 0 fully saturated rings. The fourth-order valence-electron chi connectivity index (χ4n) is 2.28. The third kappa shape index (κ3) is 7.15. The minimum atomic E-state index is 0.594. The molecule has 0 heterocycles. The number of nitriles is 1. The first-order valence-corrected chi connectivity index (χ1v) is 8.04. The van der Waals surface area contributed by atoms with Gasteiger partial charge in [-0.05, 0) is 57.5 Å². The van der Waals surface area contributed by atoms with Crippen LogP contribution in [-0.4, -0.2) is 30.6 Å². The highest BCUT2D eigenvalue weighted by Gasteiger charge is 2.08. The van der Waals surface area contributed by atoms with Crippen LogP contribution in [0.15, 0.2) is 24.3 Å². The summed E-state index contributed by atoms with van der Waals surface area (Å²) in [6.45, 7) is 9.74. The molecular weight excluding hydrogens is 260 g/mol. The van der Waals surface area contributed by atoms with Crippen molar-refractivity contribution in [1.82, 2.24) is 4.90 Å². The molecular formula is C18H28N2O. The van der Waals surface area contributed by atoms with Crippen LogP contribution in [0.5, 0.6) is 5.75 Å². The second kappa shape index (κ2) is 10.2. The summed E-state index contributed by atoms with van der Waals surface area (Å²) in [4.78, 5) is 2.53. The van der Waals surface area contributed by atoms with Crippen molar-refractivity contribution in [3.8, 4) is 11.8 Å². The second-order valence-corrected chi connectivity index (χ2v) is 5.68. The molecule has 0 saturated heterocycles. The first-order chi connectivity index (χ1) is 10.2. The van der Waals surface area contributed by atoms with Gasteiger partial charge in [0.2, 0.25) is 0 Å². The summed E-state index contributed by atoms with van der Waals surface area (Å²) < 4.78 is 5.73. The number of hydrogen-bond donors (Lipinski definition) is 0. The lowest BCUT2D eigenvalue weighted by atomic mass is 10.2. The van der Waals surface area contributed by atoms with Crippen molar-refractivity contribution in [2.75, 3.05) is 19.7 Å². The molecule has 0 aliphatic heterocycles. The Labute approximate surface area is 129 Å². The van der Waals surface area contributed by atoms with Crippen molar-refractivity contribution in [1.29, 1.82) is 5.26 Å². The van der Waals surface area contributed by atoms with Gasteiger partial charge >= 0.3 is 0 Å². The van der Waals surface area contributed by atoms with Gasteiger partial charge in [0, 0.05) is 12.6 Å². The van der Waals surface area contributed by atoms with E-state index in [0.29, 0.717) is 11.6 Å². The van der Waals surface area contributed by atoms with Crippen LogP contribution in [0.3, 0.4) is 0 Å². The van der Waals surface area contributed by atoms with Crippen molar-refractivity contribution in [3.05, 3.63) is 29.8 Å². The van der Waals surface area contributed by atoms with E-state index in [1.807, 2.05) is 12.1 Å². The topological polar surface area (TPSA) is 36.3 Å². The normalized spacial score (nSPS) is 10.9. The van der Waals surface area contributed by atoms with Crippen LogP contribution in [0.1, 0.15) is 52.0 Å². The average Bonchev–Trinajstić information content (AvgIpc) is 2.50. The molecule has 0 aliphatic rings. The Balaban J connectivity index is 2.25. The lowest BCUT2D eigenvalue weighted by molar-refractivity contribution is 0.194. The van der Waals surface area contributed by atoms with E-state index in [-0.39, 0.29) is 0 Å². The molecule has 0 amide bonds. The van der Waals surface area contributed by atoms with Crippen molar-refractivity contribution in [2.45, 2.75) is 52.5 Å². The highest BCUT2D eigenvalue weighted by Crippen LogP contribution is 2.12. The molecule has 3 nitrogen and oxygen atoms in total. The molecule has 0 atom stereocenters. The first-order valence-electron chi connectivity index (χ1n) is 8.04. The Morgan fingerprint density at radius 2 is 1.76 bits per heavy atom. The summed E-state index contributed by atoms with van der Waals surface area (Å²) in [7, 11) is 0. The van der Waals surface area contributed by atoms with Crippen LogP contribution in [0, 0.1) is 11.3 Å². The molecule has 0 N–H and O–H groups in total. The lowest BCUT2D eigenvalue weighted by Gasteiger charge is -2.26. The van der Waals surface area contributed by atoms with E-state index in [4.69, 9.17) is 10.00 Å². The van der Waals surface area contributed by atoms with Gasteiger partial charge in [0.05, 0.1) is 18.2 Å². The molecule has 0 saturated carbocycles. The highest BCUT2D eigenvalue weighted by atomic mass is 16.5. The number of hydrogen-bond acceptors (Lipinski definition) is 3. The van der Waals surface area contributed by atoms with E-state index in [1.165, 1.54) is 25.8 Å². The van der Waals surface area contributed by atoms with Gasteiger partial charge in [0.1, 0.15) is 5.75 Å². The van der Waals surface area contributed by atoms with Crippen LogP contribution < -0.4 is 4.74 Å². The Bertz CT molecular complexity index is 420. The van der Waals surface area contributed by atoms with E-state index in [1.54, 1.807) is 12.1 Å². The van der Waals surface area contributed by atoms with Crippen LogP contribution in [0.25, 0.3) is 0 Å². The number of rotatable bonds is 10. The van der Waals surface area contributed by atoms with Crippen molar-refractivity contribution >= 4 is 0 Å². The highest BCUT2D eigenvalue weighted by molar-refractivity contribution is 5.34. The van der Waals surface area contributed by atoms with Crippen molar-refractivity contribution in [2.24, 2.45) is 0 Å². The summed E-state index contributed by atoms with van der Waals surface area (Å²) in [5, 5.41) is 8.75. The Morgan fingerprint density at radius 1 is 1.10 bits per heavy atom. The maximum atomic E-state index is 8.75. The third-order valence-electron chi connectivity index (χ3n) is 3.62. The van der Waals surface area contributed by atoms with E-state index >= 15 is 0 Å². The summed E-state index contributed by atoms with van der Waals surface area (Å²) >= 11 is 0. The number of unbranched alkanes of at least 4 members (excludes halogenated alkanes) is 2. The molecule has 0 aromatic heterocycles. The summed E-state index contributed by atoms with van der Waals surface area (Å²) in [5.74, 6) is 0.844. The van der Waals surface area contributed by atoms with E-state index < -0.39 is 0 Å². The van der Waals surface area contributed by atoms with Crippen molar-refractivity contribution in [3.63, 3.8) is 0 Å². The molecule has 1 aromatic rings. The number of nitrogens with zero attached hydrogens (tertiary/aromatic N) is 2. The molecule has 0 unspecified atom stereocenters. The molecule has 3 heteroatoms. The Kier molecular flexibility index (Phi) is 8.54. The molecule has 0 spiro atoms. The fraction of sp³-hybridized carbons (Fsp3) is 0.611. The zero-order valence-electron chi connectivity index (χ0n) is 13.6. The number of benzene rings is 1. The van der Waals surface area contributed by atoms with Crippen molar-refractivity contribution < 1.29 is 4.74 Å². The largest absolute Gasteiger partial charge is 0.494 e. The molecule has 0 aliphatic carbocycles. The summed E-state index contributed by atoms with van der Waals surface area (Å²) in [5.41, 5.74) is 0.671. The molecule has 21 heavy (non-hydrogen) atoms. The molecule has 1 rings (SSSR count). The molecule has 1 aromatic carbocycles.